The van der Waals surface area contributed by atoms with E-state index in [4.69, 9.17) is 4.74 Å². The van der Waals surface area contributed by atoms with Gasteiger partial charge in [0.25, 0.3) is 11.6 Å². The van der Waals surface area contributed by atoms with E-state index in [0.717, 1.165) is 7.11 Å². The molecule has 0 fully saturated rings. The van der Waals surface area contributed by atoms with Crippen molar-refractivity contribution in [1.29, 1.82) is 0 Å². The average molecular weight is 382 g/mol. The average Bonchev–Trinajstić information content (AvgIpc) is 2.97. The lowest BCUT2D eigenvalue weighted by Gasteiger charge is -2.34. The summed E-state index contributed by atoms with van der Waals surface area (Å²) in [4.78, 5) is 17.3. The lowest BCUT2D eigenvalue weighted by atomic mass is 9.89. The smallest absolute Gasteiger partial charge is 0.429 e. The molecule has 0 saturated heterocycles. The summed E-state index contributed by atoms with van der Waals surface area (Å²) >= 11 is 0. The summed E-state index contributed by atoms with van der Waals surface area (Å²) in [6, 6.07) is 8.10. The first-order chi connectivity index (χ1) is 12.6. The van der Waals surface area contributed by atoms with Gasteiger partial charge >= 0.3 is 12.1 Å². The minimum Gasteiger partial charge on any atom is -0.467 e. The van der Waals surface area contributed by atoms with E-state index in [2.05, 4.69) is 14.8 Å². The van der Waals surface area contributed by atoms with Crippen LogP contribution in [0.1, 0.15) is 11.3 Å². The van der Waals surface area contributed by atoms with Crippen LogP contribution in [0, 0.1) is 6.92 Å². The van der Waals surface area contributed by atoms with Crippen molar-refractivity contribution in [1.82, 2.24) is 14.7 Å². The molecule has 0 bridgehead atoms. The molecule has 1 aliphatic rings. The predicted molar refractivity (Wildman–Crippen MR) is 89.8 cm³/mol. The molecular formula is C17H17F3N4O3. The van der Waals surface area contributed by atoms with Gasteiger partial charge in [-0.15, -0.1) is 0 Å². The fourth-order valence-corrected chi connectivity index (χ4v) is 2.88. The number of aliphatic imine (C=N–C) groups is 1. The number of halogens is 3. The Labute approximate surface area is 153 Å². The van der Waals surface area contributed by atoms with Crippen LogP contribution in [0.25, 0.3) is 5.69 Å². The summed E-state index contributed by atoms with van der Waals surface area (Å²) in [5.41, 5.74) is -3.33. The maximum atomic E-state index is 14.2. The maximum absolute atomic E-state index is 14.2. The normalized spacial score (nSPS) is 19.0. The Bertz CT molecular complexity index is 906. The lowest BCUT2D eigenvalue weighted by Crippen LogP contribution is -2.53. The highest BCUT2D eigenvalue weighted by molar-refractivity contribution is 5.91. The molecule has 2 aromatic rings. The van der Waals surface area contributed by atoms with Crippen LogP contribution in [0.5, 0.6) is 5.88 Å². The third kappa shape index (κ3) is 2.71. The largest absolute Gasteiger partial charge is 0.467 e. The molecule has 0 aliphatic carbocycles. The summed E-state index contributed by atoms with van der Waals surface area (Å²) in [5, 5.41) is 4.17. The minimum absolute atomic E-state index is 0.0434. The lowest BCUT2D eigenvalue weighted by molar-refractivity contribution is -0.207. The monoisotopic (exact) mass is 382 g/mol. The number of alkyl halides is 3. The van der Waals surface area contributed by atoms with Crippen LogP contribution in [0.3, 0.4) is 0 Å². The molecule has 27 heavy (non-hydrogen) atoms. The third-order valence-corrected chi connectivity index (χ3v) is 4.11. The molecule has 1 unspecified atom stereocenters. The van der Waals surface area contributed by atoms with Gasteiger partial charge in [-0.05, 0) is 19.1 Å². The molecule has 1 aromatic carbocycles. The van der Waals surface area contributed by atoms with Gasteiger partial charge in [0.15, 0.2) is 0 Å². The second kappa shape index (κ2) is 6.29. The molecular weight excluding hydrogens is 365 g/mol. The first kappa shape index (κ1) is 18.7. The molecule has 1 aliphatic heterocycles. The van der Waals surface area contributed by atoms with Gasteiger partial charge < -0.3 is 14.4 Å². The van der Waals surface area contributed by atoms with Crippen molar-refractivity contribution in [3.8, 4) is 11.6 Å². The van der Waals surface area contributed by atoms with E-state index in [1.165, 1.54) is 30.6 Å². The number of carbonyl (C=O) groups excluding carboxylic acids is 1. The van der Waals surface area contributed by atoms with Gasteiger partial charge in [-0.3, -0.25) is 0 Å². The number of ether oxygens (including phenoxy) is 2. The molecule has 7 nitrogen and oxygen atoms in total. The van der Waals surface area contributed by atoms with Crippen molar-refractivity contribution in [2.24, 2.45) is 4.99 Å². The Balaban J connectivity index is 2.39. The van der Waals surface area contributed by atoms with Crippen molar-refractivity contribution < 1.29 is 27.4 Å². The van der Waals surface area contributed by atoms with Gasteiger partial charge in [-0.2, -0.15) is 18.3 Å². The van der Waals surface area contributed by atoms with E-state index >= 15 is 0 Å². The van der Waals surface area contributed by atoms with Crippen molar-refractivity contribution in [2.45, 2.75) is 18.6 Å². The van der Waals surface area contributed by atoms with Gasteiger partial charge in [0, 0.05) is 14.1 Å². The van der Waals surface area contributed by atoms with Gasteiger partial charge in [-0.25, -0.2) is 14.5 Å². The van der Waals surface area contributed by atoms with E-state index in [0.29, 0.717) is 5.69 Å². The molecule has 0 radical (unpaired) electrons. The van der Waals surface area contributed by atoms with Gasteiger partial charge in [0.05, 0.1) is 24.1 Å². The highest BCUT2D eigenvalue weighted by Crippen LogP contribution is 2.50. The van der Waals surface area contributed by atoms with Crippen LogP contribution >= 0.6 is 0 Å². The zero-order chi connectivity index (χ0) is 20.0. The van der Waals surface area contributed by atoms with E-state index in [9.17, 15) is 18.0 Å². The molecule has 0 spiro atoms. The summed E-state index contributed by atoms with van der Waals surface area (Å²) in [7, 11) is 3.80. The van der Waals surface area contributed by atoms with Crippen LogP contribution in [-0.2, 0) is 15.1 Å². The van der Waals surface area contributed by atoms with Gasteiger partial charge in [-0.1, -0.05) is 18.2 Å². The van der Waals surface area contributed by atoms with E-state index in [-0.39, 0.29) is 17.6 Å². The minimum atomic E-state index is -5.07. The number of amidine groups is 1. The summed E-state index contributed by atoms with van der Waals surface area (Å²) < 4.78 is 54.0. The SMILES string of the molecule is COC(=O)C1(C(F)(F)F)N=C(N(C)C)Oc2c1c(C)nn2-c1ccccc1. The van der Waals surface area contributed by atoms with Crippen molar-refractivity contribution in [2.75, 3.05) is 21.2 Å². The second-order valence-corrected chi connectivity index (χ2v) is 6.10. The maximum Gasteiger partial charge on any atom is 0.429 e. The molecule has 1 atom stereocenters. The highest BCUT2D eigenvalue weighted by atomic mass is 19.4. The number of methoxy groups -OCH3 is 1. The molecule has 2 heterocycles. The Hall–Kier alpha value is -3.04. The molecule has 3 rings (SSSR count). The molecule has 10 heteroatoms. The van der Waals surface area contributed by atoms with Gasteiger partial charge in [0.1, 0.15) is 0 Å². The zero-order valence-corrected chi connectivity index (χ0v) is 15.0. The quantitative estimate of drug-likeness (QED) is 0.747. The summed E-state index contributed by atoms with van der Waals surface area (Å²) in [5.74, 6) is -1.80. The molecule has 144 valence electrons. The second-order valence-electron chi connectivity index (χ2n) is 6.10. The number of aromatic nitrogens is 2. The first-order valence-corrected chi connectivity index (χ1v) is 7.89. The van der Waals surface area contributed by atoms with Gasteiger partial charge in [0.2, 0.25) is 5.88 Å². The topological polar surface area (TPSA) is 68.9 Å². The number of hydrogen-bond donors (Lipinski definition) is 0. The van der Waals surface area contributed by atoms with Crippen molar-refractivity contribution >= 4 is 12.0 Å². The van der Waals surface area contributed by atoms with E-state index in [1.54, 1.807) is 30.3 Å². The molecule has 0 N–H and O–H groups in total. The van der Waals surface area contributed by atoms with Crippen molar-refractivity contribution in [3.63, 3.8) is 0 Å². The summed E-state index contributed by atoms with van der Waals surface area (Å²) in [6.07, 6.45) is -5.07. The fourth-order valence-electron chi connectivity index (χ4n) is 2.88. The number of para-hydroxylation sites is 1. The fraction of sp³-hybridized carbons (Fsp3) is 0.353. The van der Waals surface area contributed by atoms with Crippen LogP contribution in [0.2, 0.25) is 0 Å². The molecule has 0 saturated carbocycles. The molecule has 1 aromatic heterocycles. The number of rotatable bonds is 2. The number of nitrogens with zero attached hydrogens (tertiary/aromatic N) is 4. The summed E-state index contributed by atoms with van der Waals surface area (Å²) in [6.45, 7) is 1.36. The van der Waals surface area contributed by atoms with E-state index < -0.39 is 23.2 Å². The van der Waals surface area contributed by atoms with E-state index in [1.807, 2.05) is 0 Å². The predicted octanol–water partition coefficient (Wildman–Crippen LogP) is 2.42. The van der Waals surface area contributed by atoms with Crippen LogP contribution in [0.15, 0.2) is 35.3 Å². The zero-order valence-electron chi connectivity index (χ0n) is 15.0. The third-order valence-electron chi connectivity index (χ3n) is 4.11. The number of benzene rings is 1. The first-order valence-electron chi connectivity index (χ1n) is 7.89. The number of carbonyl (C=O) groups is 1. The van der Waals surface area contributed by atoms with Crippen LogP contribution in [0.4, 0.5) is 13.2 Å². The Morgan fingerprint density at radius 3 is 2.41 bits per heavy atom. The Morgan fingerprint density at radius 2 is 1.89 bits per heavy atom. The number of hydrogen-bond acceptors (Lipinski definition) is 6. The van der Waals surface area contributed by atoms with Crippen LogP contribution in [-0.4, -0.2) is 54.1 Å². The molecule has 0 amide bonds. The highest BCUT2D eigenvalue weighted by Gasteiger charge is 2.68. The van der Waals surface area contributed by atoms with Crippen molar-refractivity contribution in [3.05, 3.63) is 41.6 Å². The standard InChI is InChI=1S/C17H17F3N4O3/c1-10-12-13(24(22-10)11-8-6-5-7-9-11)27-15(23(2)3)21-16(12,14(25)26-4)17(18,19)20/h5-9H,1-4H3. The Kier molecular flexibility index (Phi) is 4.37. The van der Waals surface area contributed by atoms with Crippen LogP contribution < -0.4 is 4.74 Å². The number of aryl methyl sites for hydroxylation is 1. The Morgan fingerprint density at radius 1 is 1.26 bits per heavy atom. The number of fused-ring (bicyclic) bond motifs is 1. The number of esters is 1.